The zero-order valence-electron chi connectivity index (χ0n) is 12.5. The van der Waals surface area contributed by atoms with Crippen LogP contribution in [-0.2, 0) is 0 Å². The summed E-state index contributed by atoms with van der Waals surface area (Å²) in [5, 5.41) is 0.702. The SMILES string of the molecule is CCOc1ccc2cc(C(=O)N(CC)CC)c(=O)oc2c1. The van der Waals surface area contributed by atoms with Gasteiger partial charge in [0.15, 0.2) is 0 Å². The number of carbonyl (C=O) groups is 1. The molecule has 1 aromatic carbocycles. The molecule has 21 heavy (non-hydrogen) atoms. The molecule has 1 heterocycles. The van der Waals surface area contributed by atoms with Gasteiger partial charge in [-0.05, 0) is 39.0 Å². The Morgan fingerprint density at radius 3 is 2.52 bits per heavy atom. The Kier molecular flexibility index (Phi) is 4.62. The molecule has 112 valence electrons. The summed E-state index contributed by atoms with van der Waals surface area (Å²) in [4.78, 5) is 25.9. The number of carbonyl (C=O) groups excluding carboxylic acids is 1. The van der Waals surface area contributed by atoms with Crippen LogP contribution in [0.4, 0.5) is 0 Å². The van der Waals surface area contributed by atoms with Crippen molar-refractivity contribution in [3.63, 3.8) is 0 Å². The average molecular weight is 289 g/mol. The van der Waals surface area contributed by atoms with Crippen LogP contribution in [-0.4, -0.2) is 30.5 Å². The maximum absolute atomic E-state index is 12.3. The first-order valence-electron chi connectivity index (χ1n) is 7.10. The maximum atomic E-state index is 12.3. The largest absolute Gasteiger partial charge is 0.494 e. The number of fused-ring (bicyclic) bond motifs is 1. The van der Waals surface area contributed by atoms with Crippen LogP contribution in [0.1, 0.15) is 31.1 Å². The topological polar surface area (TPSA) is 59.8 Å². The molecule has 0 N–H and O–H groups in total. The second kappa shape index (κ2) is 6.43. The third-order valence-electron chi connectivity index (χ3n) is 3.30. The van der Waals surface area contributed by atoms with E-state index in [0.717, 1.165) is 0 Å². The summed E-state index contributed by atoms with van der Waals surface area (Å²) in [5.74, 6) is 0.334. The molecule has 0 spiro atoms. The number of ether oxygens (including phenoxy) is 1. The van der Waals surface area contributed by atoms with Gasteiger partial charge in [-0.3, -0.25) is 4.79 Å². The molecule has 0 aliphatic carbocycles. The first kappa shape index (κ1) is 15.1. The van der Waals surface area contributed by atoms with Crippen LogP contribution in [0.15, 0.2) is 33.5 Å². The smallest absolute Gasteiger partial charge is 0.349 e. The van der Waals surface area contributed by atoms with Gasteiger partial charge in [0, 0.05) is 24.5 Å². The Bertz CT molecular complexity index is 701. The van der Waals surface area contributed by atoms with Crippen molar-refractivity contribution in [1.29, 1.82) is 0 Å². The molecule has 1 aromatic heterocycles. The van der Waals surface area contributed by atoms with Crippen molar-refractivity contribution in [3.05, 3.63) is 40.2 Å². The Morgan fingerprint density at radius 2 is 1.90 bits per heavy atom. The van der Waals surface area contributed by atoms with Gasteiger partial charge in [0.05, 0.1) is 6.61 Å². The summed E-state index contributed by atoms with van der Waals surface area (Å²) in [6, 6.07) is 6.81. The van der Waals surface area contributed by atoms with Crippen LogP contribution in [0.3, 0.4) is 0 Å². The van der Waals surface area contributed by atoms with Gasteiger partial charge in [-0.2, -0.15) is 0 Å². The van der Waals surface area contributed by atoms with Gasteiger partial charge >= 0.3 is 5.63 Å². The second-order valence-electron chi connectivity index (χ2n) is 4.56. The zero-order valence-corrected chi connectivity index (χ0v) is 12.5. The highest BCUT2D eigenvalue weighted by Crippen LogP contribution is 2.21. The van der Waals surface area contributed by atoms with Crippen molar-refractivity contribution in [1.82, 2.24) is 4.90 Å². The molecule has 0 radical (unpaired) electrons. The van der Waals surface area contributed by atoms with Crippen molar-refractivity contribution >= 4 is 16.9 Å². The minimum atomic E-state index is -0.618. The van der Waals surface area contributed by atoms with Crippen LogP contribution in [0.2, 0.25) is 0 Å². The Morgan fingerprint density at radius 1 is 1.19 bits per heavy atom. The van der Waals surface area contributed by atoms with E-state index in [2.05, 4.69) is 0 Å². The van der Waals surface area contributed by atoms with E-state index in [1.165, 1.54) is 0 Å². The molecular formula is C16H19NO4. The lowest BCUT2D eigenvalue weighted by atomic mass is 10.1. The van der Waals surface area contributed by atoms with E-state index in [1.54, 1.807) is 29.2 Å². The lowest BCUT2D eigenvalue weighted by Crippen LogP contribution is -2.33. The zero-order chi connectivity index (χ0) is 15.4. The third kappa shape index (κ3) is 3.07. The number of nitrogens with zero attached hydrogens (tertiary/aromatic N) is 1. The van der Waals surface area contributed by atoms with E-state index in [1.807, 2.05) is 20.8 Å². The predicted octanol–water partition coefficient (Wildman–Crippen LogP) is 2.67. The number of benzene rings is 1. The maximum Gasteiger partial charge on any atom is 0.349 e. The molecule has 2 aromatic rings. The molecule has 2 rings (SSSR count). The molecule has 0 aliphatic heterocycles. The van der Waals surface area contributed by atoms with E-state index in [4.69, 9.17) is 9.15 Å². The monoisotopic (exact) mass is 289 g/mol. The quantitative estimate of drug-likeness (QED) is 0.794. The Labute approximate surface area is 123 Å². The fraction of sp³-hybridized carbons (Fsp3) is 0.375. The highest BCUT2D eigenvalue weighted by Gasteiger charge is 2.18. The molecule has 0 saturated heterocycles. The summed E-state index contributed by atoms with van der Waals surface area (Å²) in [6.45, 7) is 7.27. The second-order valence-corrected chi connectivity index (χ2v) is 4.56. The molecule has 0 bridgehead atoms. The van der Waals surface area contributed by atoms with E-state index >= 15 is 0 Å². The van der Waals surface area contributed by atoms with Gasteiger partial charge < -0.3 is 14.1 Å². The molecule has 0 atom stereocenters. The number of rotatable bonds is 5. The lowest BCUT2D eigenvalue weighted by Gasteiger charge is -2.17. The molecule has 5 nitrogen and oxygen atoms in total. The average Bonchev–Trinajstić information content (AvgIpc) is 2.48. The van der Waals surface area contributed by atoms with E-state index < -0.39 is 5.63 Å². The van der Waals surface area contributed by atoms with Crippen LogP contribution in [0, 0.1) is 0 Å². The fourth-order valence-electron chi connectivity index (χ4n) is 2.18. The Balaban J connectivity index is 2.48. The summed E-state index contributed by atoms with van der Waals surface area (Å²) >= 11 is 0. The predicted molar refractivity (Wildman–Crippen MR) is 80.9 cm³/mol. The first-order valence-corrected chi connectivity index (χ1v) is 7.10. The van der Waals surface area contributed by atoms with Crippen molar-refractivity contribution in [3.8, 4) is 5.75 Å². The molecule has 0 saturated carbocycles. The van der Waals surface area contributed by atoms with Crippen LogP contribution in [0.5, 0.6) is 5.75 Å². The van der Waals surface area contributed by atoms with Gasteiger partial charge in [0.2, 0.25) is 0 Å². The minimum absolute atomic E-state index is 0.0651. The van der Waals surface area contributed by atoms with Crippen molar-refractivity contribution in [2.75, 3.05) is 19.7 Å². The van der Waals surface area contributed by atoms with Crippen LogP contribution in [0.25, 0.3) is 11.0 Å². The number of amides is 1. The van der Waals surface area contributed by atoms with E-state index in [9.17, 15) is 9.59 Å². The molecule has 0 fully saturated rings. The lowest BCUT2D eigenvalue weighted by molar-refractivity contribution is 0.0769. The number of hydrogen-bond donors (Lipinski definition) is 0. The highest BCUT2D eigenvalue weighted by atomic mass is 16.5. The molecule has 5 heteroatoms. The number of hydrogen-bond acceptors (Lipinski definition) is 4. The first-order chi connectivity index (χ1) is 10.1. The normalized spacial score (nSPS) is 10.6. The fourth-order valence-corrected chi connectivity index (χ4v) is 2.18. The highest BCUT2D eigenvalue weighted by molar-refractivity contribution is 5.96. The summed E-state index contributed by atoms with van der Waals surface area (Å²) in [5.41, 5.74) is -0.134. The van der Waals surface area contributed by atoms with Gasteiger partial charge in [-0.1, -0.05) is 0 Å². The summed E-state index contributed by atoms with van der Waals surface area (Å²) < 4.78 is 10.6. The summed E-state index contributed by atoms with van der Waals surface area (Å²) in [7, 11) is 0. The molecule has 0 unspecified atom stereocenters. The standard InChI is InChI=1S/C16H19NO4/c1-4-17(5-2)15(18)13-9-11-7-8-12(20-6-3)10-14(11)21-16(13)19/h7-10H,4-6H2,1-3H3. The van der Waals surface area contributed by atoms with Gasteiger partial charge in [-0.25, -0.2) is 4.79 Å². The van der Waals surface area contributed by atoms with Gasteiger partial charge in [0.1, 0.15) is 16.9 Å². The molecular weight excluding hydrogens is 270 g/mol. The van der Waals surface area contributed by atoms with Gasteiger partial charge in [-0.15, -0.1) is 0 Å². The van der Waals surface area contributed by atoms with E-state index in [-0.39, 0.29) is 11.5 Å². The third-order valence-corrected chi connectivity index (χ3v) is 3.30. The van der Waals surface area contributed by atoms with Crippen molar-refractivity contribution in [2.45, 2.75) is 20.8 Å². The van der Waals surface area contributed by atoms with Gasteiger partial charge in [0.25, 0.3) is 5.91 Å². The van der Waals surface area contributed by atoms with E-state index in [0.29, 0.717) is 36.4 Å². The molecule has 0 aliphatic rings. The van der Waals surface area contributed by atoms with Crippen LogP contribution >= 0.6 is 0 Å². The summed E-state index contributed by atoms with van der Waals surface area (Å²) in [6.07, 6.45) is 0. The van der Waals surface area contributed by atoms with Crippen molar-refractivity contribution < 1.29 is 13.9 Å². The Hall–Kier alpha value is -2.30. The minimum Gasteiger partial charge on any atom is -0.494 e. The van der Waals surface area contributed by atoms with Crippen molar-refractivity contribution in [2.24, 2.45) is 0 Å². The van der Waals surface area contributed by atoms with Crippen LogP contribution < -0.4 is 10.4 Å². The molecule has 1 amide bonds.